The average molecular weight is 158 g/mol. The Morgan fingerprint density at radius 3 is 3.30 bits per heavy atom. The number of nitrogens with zero attached hydrogens (tertiary/aromatic N) is 1. The summed E-state index contributed by atoms with van der Waals surface area (Å²) in [6.45, 7) is 3.08. The monoisotopic (exact) mass is 158 g/mol. The van der Waals surface area contributed by atoms with Crippen LogP contribution in [0, 0.1) is 5.92 Å². The SMILES string of the molecule is CCC1CSCCN=C1N. The van der Waals surface area contributed by atoms with Gasteiger partial charge in [-0.25, -0.2) is 0 Å². The Bertz CT molecular complexity index is 134. The number of hydrogen-bond donors (Lipinski definition) is 1. The van der Waals surface area contributed by atoms with E-state index in [0.29, 0.717) is 5.92 Å². The van der Waals surface area contributed by atoms with Crippen LogP contribution in [0.5, 0.6) is 0 Å². The van der Waals surface area contributed by atoms with E-state index in [9.17, 15) is 0 Å². The first kappa shape index (κ1) is 7.92. The van der Waals surface area contributed by atoms with Gasteiger partial charge in [-0.15, -0.1) is 0 Å². The van der Waals surface area contributed by atoms with E-state index < -0.39 is 0 Å². The van der Waals surface area contributed by atoms with E-state index >= 15 is 0 Å². The summed E-state index contributed by atoms with van der Waals surface area (Å²) >= 11 is 1.96. The van der Waals surface area contributed by atoms with E-state index in [-0.39, 0.29) is 0 Å². The lowest BCUT2D eigenvalue weighted by atomic mass is 10.1. The van der Waals surface area contributed by atoms with Gasteiger partial charge in [0.15, 0.2) is 0 Å². The highest BCUT2D eigenvalue weighted by Crippen LogP contribution is 2.15. The van der Waals surface area contributed by atoms with E-state index in [1.807, 2.05) is 11.8 Å². The van der Waals surface area contributed by atoms with E-state index in [1.54, 1.807) is 0 Å². The normalized spacial score (nSPS) is 27.3. The third kappa shape index (κ3) is 1.90. The fraction of sp³-hybridized carbons (Fsp3) is 0.857. The van der Waals surface area contributed by atoms with Crippen molar-refractivity contribution in [3.05, 3.63) is 0 Å². The molecule has 2 N–H and O–H groups in total. The van der Waals surface area contributed by atoms with Gasteiger partial charge in [0.25, 0.3) is 0 Å². The zero-order chi connectivity index (χ0) is 7.40. The molecule has 1 aliphatic heterocycles. The standard InChI is InChI=1S/C7H14N2S/c1-2-6-5-10-4-3-9-7(6)8/h6H,2-5H2,1H3,(H2,8,9). The van der Waals surface area contributed by atoms with E-state index in [2.05, 4.69) is 11.9 Å². The molecule has 58 valence electrons. The van der Waals surface area contributed by atoms with Crippen LogP contribution >= 0.6 is 11.8 Å². The molecule has 2 nitrogen and oxygen atoms in total. The van der Waals surface area contributed by atoms with Gasteiger partial charge in [-0.3, -0.25) is 4.99 Å². The molecule has 0 saturated heterocycles. The van der Waals surface area contributed by atoms with Crippen molar-refractivity contribution >= 4 is 17.6 Å². The Labute approximate surface area is 66.3 Å². The third-order valence-corrected chi connectivity index (χ3v) is 2.87. The molecule has 0 saturated carbocycles. The van der Waals surface area contributed by atoms with Gasteiger partial charge < -0.3 is 5.73 Å². The first-order valence-corrected chi connectivity index (χ1v) is 4.87. The van der Waals surface area contributed by atoms with Crippen LogP contribution in [0.2, 0.25) is 0 Å². The lowest BCUT2D eigenvalue weighted by Crippen LogP contribution is -2.24. The summed E-state index contributed by atoms with van der Waals surface area (Å²) in [5.41, 5.74) is 5.73. The molecule has 0 bridgehead atoms. The second-order valence-electron chi connectivity index (χ2n) is 2.49. The smallest absolute Gasteiger partial charge is 0.0976 e. The highest BCUT2D eigenvalue weighted by atomic mass is 32.2. The van der Waals surface area contributed by atoms with Crippen molar-refractivity contribution in [2.75, 3.05) is 18.1 Å². The molecular formula is C7H14N2S. The van der Waals surface area contributed by atoms with Gasteiger partial charge in [-0.1, -0.05) is 6.92 Å². The minimum atomic E-state index is 0.535. The molecule has 0 amide bonds. The van der Waals surface area contributed by atoms with E-state index in [4.69, 9.17) is 5.73 Å². The third-order valence-electron chi connectivity index (χ3n) is 1.76. The Morgan fingerprint density at radius 1 is 1.80 bits per heavy atom. The fourth-order valence-corrected chi connectivity index (χ4v) is 2.08. The number of thioether (sulfide) groups is 1. The topological polar surface area (TPSA) is 38.4 Å². The number of nitrogens with two attached hydrogens (primary N) is 1. The lowest BCUT2D eigenvalue weighted by molar-refractivity contribution is 0.744. The van der Waals surface area contributed by atoms with Gasteiger partial charge in [-0.2, -0.15) is 11.8 Å². The number of rotatable bonds is 1. The quantitative estimate of drug-likeness (QED) is 0.621. The summed E-state index contributed by atoms with van der Waals surface area (Å²) in [7, 11) is 0. The van der Waals surface area contributed by atoms with Crippen LogP contribution in [0.1, 0.15) is 13.3 Å². The second-order valence-corrected chi connectivity index (χ2v) is 3.64. The van der Waals surface area contributed by atoms with Crippen molar-refractivity contribution in [3.63, 3.8) is 0 Å². The Morgan fingerprint density at radius 2 is 2.60 bits per heavy atom. The summed E-state index contributed by atoms with van der Waals surface area (Å²) in [5, 5.41) is 0. The molecule has 0 aromatic heterocycles. The van der Waals surface area contributed by atoms with Gasteiger partial charge in [0, 0.05) is 24.0 Å². The van der Waals surface area contributed by atoms with Crippen LogP contribution in [-0.4, -0.2) is 23.9 Å². The average Bonchev–Trinajstić information content (AvgIpc) is 2.13. The van der Waals surface area contributed by atoms with Crippen LogP contribution < -0.4 is 5.73 Å². The Balaban J connectivity index is 2.51. The van der Waals surface area contributed by atoms with Crippen LogP contribution in [0.4, 0.5) is 0 Å². The highest BCUT2D eigenvalue weighted by Gasteiger charge is 2.12. The number of hydrogen-bond acceptors (Lipinski definition) is 3. The summed E-state index contributed by atoms with van der Waals surface area (Å²) in [6.07, 6.45) is 1.13. The van der Waals surface area contributed by atoms with Crippen LogP contribution in [0.3, 0.4) is 0 Å². The number of aliphatic imine (C=N–C) groups is 1. The Kier molecular flexibility index (Phi) is 3.06. The number of amidine groups is 1. The molecule has 0 radical (unpaired) electrons. The molecule has 0 aliphatic carbocycles. The molecule has 1 aliphatic rings. The Hall–Kier alpha value is -0.180. The summed E-state index contributed by atoms with van der Waals surface area (Å²) in [5.74, 6) is 3.70. The molecule has 0 aromatic rings. The zero-order valence-corrected chi connectivity index (χ0v) is 7.16. The van der Waals surface area contributed by atoms with Crippen LogP contribution in [0.15, 0.2) is 4.99 Å². The predicted molar refractivity (Wildman–Crippen MR) is 47.6 cm³/mol. The van der Waals surface area contributed by atoms with Crippen LogP contribution in [-0.2, 0) is 0 Å². The van der Waals surface area contributed by atoms with Gasteiger partial charge in [0.1, 0.15) is 0 Å². The van der Waals surface area contributed by atoms with Gasteiger partial charge in [0.2, 0.25) is 0 Å². The van der Waals surface area contributed by atoms with Crippen molar-refractivity contribution in [1.29, 1.82) is 0 Å². The van der Waals surface area contributed by atoms with Gasteiger partial charge in [0.05, 0.1) is 5.84 Å². The molecule has 0 fully saturated rings. The summed E-state index contributed by atoms with van der Waals surface area (Å²) < 4.78 is 0. The summed E-state index contributed by atoms with van der Waals surface area (Å²) in [6, 6.07) is 0. The van der Waals surface area contributed by atoms with Crippen molar-refractivity contribution in [2.24, 2.45) is 16.6 Å². The van der Waals surface area contributed by atoms with E-state index in [1.165, 1.54) is 0 Å². The van der Waals surface area contributed by atoms with Crippen molar-refractivity contribution < 1.29 is 0 Å². The first-order valence-electron chi connectivity index (χ1n) is 3.72. The largest absolute Gasteiger partial charge is 0.387 e. The molecule has 1 atom stereocenters. The highest BCUT2D eigenvalue weighted by molar-refractivity contribution is 7.99. The minimum absolute atomic E-state index is 0.535. The van der Waals surface area contributed by atoms with Crippen LogP contribution in [0.25, 0.3) is 0 Å². The predicted octanol–water partition coefficient (Wildman–Crippen LogP) is 1.12. The minimum Gasteiger partial charge on any atom is -0.387 e. The molecule has 1 unspecified atom stereocenters. The lowest BCUT2D eigenvalue weighted by Gasteiger charge is -2.09. The molecule has 0 aromatic carbocycles. The molecule has 10 heavy (non-hydrogen) atoms. The molecule has 1 heterocycles. The fourth-order valence-electron chi connectivity index (χ4n) is 1.01. The van der Waals surface area contributed by atoms with E-state index in [0.717, 1.165) is 30.3 Å². The maximum absolute atomic E-state index is 5.73. The first-order chi connectivity index (χ1) is 4.84. The van der Waals surface area contributed by atoms with Gasteiger partial charge in [-0.05, 0) is 6.42 Å². The summed E-state index contributed by atoms with van der Waals surface area (Å²) in [4.78, 5) is 4.25. The maximum Gasteiger partial charge on any atom is 0.0976 e. The molecule has 0 spiro atoms. The second kappa shape index (κ2) is 3.86. The maximum atomic E-state index is 5.73. The van der Waals surface area contributed by atoms with Gasteiger partial charge >= 0.3 is 0 Å². The van der Waals surface area contributed by atoms with Crippen molar-refractivity contribution in [3.8, 4) is 0 Å². The molecule has 1 rings (SSSR count). The van der Waals surface area contributed by atoms with Crippen molar-refractivity contribution in [2.45, 2.75) is 13.3 Å². The molecule has 3 heteroatoms. The van der Waals surface area contributed by atoms with Crippen molar-refractivity contribution in [1.82, 2.24) is 0 Å². The zero-order valence-electron chi connectivity index (χ0n) is 6.34. The molecular weight excluding hydrogens is 144 g/mol.